The number of carbonyl (C=O) groups is 1. The summed E-state index contributed by atoms with van der Waals surface area (Å²) in [5.41, 5.74) is -5.65. The maximum Gasteiger partial charge on any atom is 0.485 e. The SMILES string of the molecule is O=C(C[S+]1CCCCC1)C1CCCC1.O=S(=O)([O-])C(F)(F)F. The van der Waals surface area contributed by atoms with Crippen molar-refractivity contribution in [1.29, 1.82) is 0 Å². The molecule has 1 heterocycles. The summed E-state index contributed by atoms with van der Waals surface area (Å²) in [7, 11) is -5.61. The van der Waals surface area contributed by atoms with Crippen molar-refractivity contribution in [3.63, 3.8) is 0 Å². The molecule has 0 aromatic rings. The van der Waals surface area contributed by atoms with Crippen molar-refractivity contribution in [2.75, 3.05) is 17.3 Å². The molecule has 0 radical (unpaired) electrons. The van der Waals surface area contributed by atoms with Gasteiger partial charge in [-0.15, -0.1) is 0 Å². The molecule has 2 fully saturated rings. The Morgan fingerprint density at radius 2 is 1.50 bits per heavy atom. The minimum atomic E-state index is -6.09. The van der Waals surface area contributed by atoms with Gasteiger partial charge < -0.3 is 4.55 Å². The lowest BCUT2D eigenvalue weighted by Gasteiger charge is -2.14. The van der Waals surface area contributed by atoms with Gasteiger partial charge in [0.15, 0.2) is 21.7 Å². The Bertz CT molecular complexity index is 450. The van der Waals surface area contributed by atoms with Crippen LogP contribution in [0.25, 0.3) is 0 Å². The molecule has 0 aromatic heterocycles. The van der Waals surface area contributed by atoms with Crippen LogP contribution in [0.5, 0.6) is 0 Å². The highest BCUT2D eigenvalue weighted by atomic mass is 32.2. The summed E-state index contributed by atoms with van der Waals surface area (Å²) >= 11 is 0. The molecule has 9 heteroatoms. The van der Waals surface area contributed by atoms with Crippen LogP contribution < -0.4 is 0 Å². The predicted molar refractivity (Wildman–Crippen MR) is 78.5 cm³/mol. The lowest BCUT2D eigenvalue weighted by molar-refractivity contribution is -0.120. The minimum Gasteiger partial charge on any atom is -0.741 e. The molecule has 0 spiro atoms. The summed E-state index contributed by atoms with van der Waals surface area (Å²) in [5, 5.41) is 0. The number of halogens is 3. The maximum atomic E-state index is 11.9. The number of hydrogen-bond donors (Lipinski definition) is 0. The Hall–Kier alpha value is -0.280. The van der Waals surface area contributed by atoms with Crippen LogP contribution in [-0.2, 0) is 25.8 Å². The third-order valence-corrected chi connectivity index (χ3v) is 6.80. The third-order valence-electron chi connectivity index (χ3n) is 3.81. The molecule has 2 rings (SSSR count). The van der Waals surface area contributed by atoms with E-state index in [-0.39, 0.29) is 0 Å². The number of Topliss-reactive ketones (excluding diaryl/α,β-unsaturated/α-hetero) is 1. The number of rotatable bonds is 3. The topological polar surface area (TPSA) is 74.3 Å². The number of hydrogen-bond acceptors (Lipinski definition) is 4. The highest BCUT2D eigenvalue weighted by molar-refractivity contribution is 7.97. The van der Waals surface area contributed by atoms with Crippen molar-refractivity contribution in [2.24, 2.45) is 5.92 Å². The zero-order valence-electron chi connectivity index (χ0n) is 12.2. The molecule has 0 N–H and O–H groups in total. The lowest BCUT2D eigenvalue weighted by atomic mass is 10.0. The fourth-order valence-corrected chi connectivity index (χ4v) is 4.96. The molecule has 2 aliphatic rings. The summed E-state index contributed by atoms with van der Waals surface area (Å²) in [6, 6.07) is 0. The fourth-order valence-electron chi connectivity index (χ4n) is 2.60. The van der Waals surface area contributed by atoms with E-state index in [2.05, 4.69) is 0 Å². The Morgan fingerprint density at radius 1 is 1.05 bits per heavy atom. The summed E-state index contributed by atoms with van der Waals surface area (Å²) in [4.78, 5) is 11.9. The molecule has 1 saturated carbocycles. The van der Waals surface area contributed by atoms with Crippen LogP contribution in [0.3, 0.4) is 0 Å². The van der Waals surface area contributed by atoms with Gasteiger partial charge in [0, 0.05) is 5.92 Å². The van der Waals surface area contributed by atoms with Crippen LogP contribution in [0.4, 0.5) is 13.2 Å². The number of carbonyl (C=O) groups excluding carboxylic acids is 1. The van der Waals surface area contributed by atoms with Gasteiger partial charge in [-0.2, -0.15) is 13.2 Å². The molecular formula is C13H21F3O4S2. The van der Waals surface area contributed by atoms with Crippen molar-refractivity contribution >= 4 is 26.8 Å². The van der Waals surface area contributed by atoms with Crippen molar-refractivity contribution < 1.29 is 30.9 Å². The third kappa shape index (κ3) is 6.87. The molecule has 0 aromatic carbocycles. The van der Waals surface area contributed by atoms with E-state index in [0.717, 1.165) is 5.75 Å². The highest BCUT2D eigenvalue weighted by Crippen LogP contribution is 2.26. The van der Waals surface area contributed by atoms with E-state index >= 15 is 0 Å². The molecule has 0 unspecified atom stereocenters. The Kier molecular flexibility index (Phi) is 7.67. The van der Waals surface area contributed by atoms with E-state index < -0.39 is 15.6 Å². The molecule has 0 bridgehead atoms. The highest BCUT2D eigenvalue weighted by Gasteiger charge is 2.37. The lowest BCUT2D eigenvalue weighted by Crippen LogP contribution is -2.28. The van der Waals surface area contributed by atoms with Gasteiger partial charge in [-0.25, -0.2) is 8.42 Å². The van der Waals surface area contributed by atoms with E-state index in [1.165, 1.54) is 56.5 Å². The second kappa shape index (κ2) is 8.54. The van der Waals surface area contributed by atoms with Crippen molar-refractivity contribution in [3.8, 4) is 0 Å². The second-order valence-electron chi connectivity index (χ2n) is 5.57. The molecule has 1 aliphatic heterocycles. The van der Waals surface area contributed by atoms with E-state index in [0.29, 0.717) is 22.6 Å². The van der Waals surface area contributed by atoms with Crippen LogP contribution >= 0.6 is 0 Å². The average Bonchev–Trinajstić information content (AvgIpc) is 2.92. The zero-order chi connectivity index (χ0) is 16.8. The van der Waals surface area contributed by atoms with Crippen LogP contribution in [0, 0.1) is 5.92 Å². The first-order valence-corrected chi connectivity index (χ1v) is 10.4. The van der Waals surface area contributed by atoms with E-state index in [4.69, 9.17) is 13.0 Å². The molecule has 4 nitrogen and oxygen atoms in total. The second-order valence-corrected chi connectivity index (χ2v) is 9.27. The van der Waals surface area contributed by atoms with Gasteiger partial charge in [0.25, 0.3) is 0 Å². The van der Waals surface area contributed by atoms with Crippen molar-refractivity contribution in [1.82, 2.24) is 0 Å². The minimum absolute atomic E-state index is 0.462. The normalized spacial score (nSPS) is 21.3. The van der Waals surface area contributed by atoms with Gasteiger partial charge >= 0.3 is 5.51 Å². The summed E-state index contributed by atoms with van der Waals surface area (Å²) < 4.78 is 58.9. The maximum absolute atomic E-state index is 11.9. The van der Waals surface area contributed by atoms with Crippen LogP contribution in [0.15, 0.2) is 0 Å². The first-order chi connectivity index (χ1) is 10.1. The molecule has 1 saturated heterocycles. The van der Waals surface area contributed by atoms with Gasteiger partial charge in [0.1, 0.15) is 11.5 Å². The summed E-state index contributed by atoms with van der Waals surface area (Å²) in [6.45, 7) is 0. The van der Waals surface area contributed by atoms with Crippen molar-refractivity contribution in [3.05, 3.63) is 0 Å². The Labute approximate surface area is 131 Å². The molecule has 130 valence electrons. The zero-order valence-corrected chi connectivity index (χ0v) is 13.9. The number of alkyl halides is 3. The van der Waals surface area contributed by atoms with Crippen LogP contribution in [0.1, 0.15) is 44.9 Å². The van der Waals surface area contributed by atoms with Gasteiger partial charge in [0.2, 0.25) is 0 Å². The van der Waals surface area contributed by atoms with Crippen LogP contribution in [0.2, 0.25) is 0 Å². The molecular weight excluding hydrogens is 341 g/mol. The first-order valence-electron chi connectivity index (χ1n) is 7.30. The molecule has 0 amide bonds. The first kappa shape index (κ1) is 19.8. The monoisotopic (exact) mass is 362 g/mol. The summed E-state index contributed by atoms with van der Waals surface area (Å²) in [5.74, 6) is 4.69. The number of ketones is 1. The van der Waals surface area contributed by atoms with E-state index in [1.54, 1.807) is 0 Å². The van der Waals surface area contributed by atoms with Gasteiger partial charge in [-0.05, 0) is 43.0 Å². The quantitative estimate of drug-likeness (QED) is 0.439. The van der Waals surface area contributed by atoms with Gasteiger partial charge in [-0.3, -0.25) is 4.79 Å². The van der Waals surface area contributed by atoms with Gasteiger partial charge in [0.05, 0.1) is 0 Å². The molecule has 22 heavy (non-hydrogen) atoms. The summed E-state index contributed by atoms with van der Waals surface area (Å²) in [6.07, 6.45) is 9.13. The molecule has 1 aliphatic carbocycles. The average molecular weight is 362 g/mol. The Morgan fingerprint density at radius 3 is 1.91 bits per heavy atom. The Balaban J connectivity index is 0.000000261. The van der Waals surface area contributed by atoms with E-state index in [9.17, 15) is 18.0 Å². The molecule has 0 atom stereocenters. The van der Waals surface area contributed by atoms with Crippen molar-refractivity contribution in [2.45, 2.75) is 50.5 Å². The fraction of sp³-hybridized carbons (Fsp3) is 0.923. The predicted octanol–water partition coefficient (Wildman–Crippen LogP) is 2.60. The van der Waals surface area contributed by atoms with E-state index in [1.807, 2.05) is 0 Å². The largest absolute Gasteiger partial charge is 0.741 e. The van der Waals surface area contributed by atoms with Crippen LogP contribution in [-0.4, -0.2) is 41.5 Å². The standard InChI is InChI=1S/C12H21OS.CHF3O3S/c13-12(11-6-2-3-7-11)10-14-8-4-1-5-9-14;2-1(3,4)8(5,6)7/h11H,1-10H2;(H,5,6,7)/q+1;/p-1. The smallest absolute Gasteiger partial charge is 0.485 e. The van der Waals surface area contributed by atoms with Gasteiger partial charge in [-0.1, -0.05) is 12.8 Å².